The zero-order valence-corrected chi connectivity index (χ0v) is 12.4. The molecule has 5 nitrogen and oxygen atoms in total. The summed E-state index contributed by atoms with van der Waals surface area (Å²) in [5.41, 5.74) is 2.50. The van der Waals surface area contributed by atoms with Gasteiger partial charge < -0.3 is 4.90 Å². The van der Waals surface area contributed by atoms with Gasteiger partial charge in [0.1, 0.15) is 11.6 Å². The summed E-state index contributed by atoms with van der Waals surface area (Å²) in [6.45, 7) is 10.9. The standard InChI is InChI=1S/C14H21N5/c1-10-11(2)16-17-13(12(10)8-15)19-7-6-18(5)14(3,4)9-19/h6-7,9H2,1-5H3. The third kappa shape index (κ3) is 2.41. The Kier molecular flexibility index (Phi) is 3.46. The number of likely N-dealkylation sites (N-methyl/N-ethyl adjacent to an activating group) is 1. The molecule has 0 amide bonds. The van der Waals surface area contributed by atoms with E-state index in [9.17, 15) is 5.26 Å². The van der Waals surface area contributed by atoms with E-state index in [2.05, 4.69) is 47.0 Å². The maximum Gasteiger partial charge on any atom is 0.169 e. The number of nitrogens with zero attached hydrogens (tertiary/aromatic N) is 5. The smallest absolute Gasteiger partial charge is 0.169 e. The van der Waals surface area contributed by atoms with Crippen LogP contribution in [0.5, 0.6) is 0 Å². The molecule has 0 radical (unpaired) electrons. The molecule has 1 aliphatic heterocycles. The van der Waals surface area contributed by atoms with E-state index in [1.54, 1.807) is 0 Å². The SMILES string of the molecule is Cc1nnc(N2CCN(C)C(C)(C)C2)c(C#N)c1C. The molecule has 0 unspecified atom stereocenters. The lowest BCUT2D eigenvalue weighted by Crippen LogP contribution is -2.58. The second kappa shape index (κ2) is 4.78. The van der Waals surface area contributed by atoms with Gasteiger partial charge in [-0.3, -0.25) is 4.90 Å². The van der Waals surface area contributed by atoms with Gasteiger partial charge in [0, 0.05) is 25.2 Å². The second-order valence-corrected chi connectivity index (χ2v) is 5.88. The lowest BCUT2D eigenvalue weighted by molar-refractivity contribution is 0.138. The lowest BCUT2D eigenvalue weighted by atomic mass is 9.99. The molecule has 19 heavy (non-hydrogen) atoms. The first kappa shape index (κ1) is 13.8. The van der Waals surface area contributed by atoms with Gasteiger partial charge in [0.05, 0.1) is 5.69 Å². The highest BCUT2D eigenvalue weighted by molar-refractivity contribution is 5.58. The van der Waals surface area contributed by atoms with Gasteiger partial charge in [-0.1, -0.05) is 0 Å². The van der Waals surface area contributed by atoms with Gasteiger partial charge in [0.25, 0.3) is 0 Å². The van der Waals surface area contributed by atoms with Crippen LogP contribution in [0.1, 0.15) is 30.7 Å². The molecule has 0 atom stereocenters. The average molecular weight is 259 g/mol. The number of anilines is 1. The molecule has 1 saturated heterocycles. The summed E-state index contributed by atoms with van der Waals surface area (Å²) in [6.07, 6.45) is 0. The topological polar surface area (TPSA) is 56.1 Å². The van der Waals surface area contributed by atoms with E-state index in [0.717, 1.165) is 36.7 Å². The van der Waals surface area contributed by atoms with Gasteiger partial charge in [0.2, 0.25) is 0 Å². The van der Waals surface area contributed by atoms with Gasteiger partial charge in [-0.15, -0.1) is 5.10 Å². The van der Waals surface area contributed by atoms with Crippen molar-refractivity contribution in [1.82, 2.24) is 15.1 Å². The molecule has 0 aliphatic carbocycles. The molecule has 1 aromatic heterocycles. The van der Waals surface area contributed by atoms with Crippen molar-refractivity contribution in [2.24, 2.45) is 0 Å². The van der Waals surface area contributed by atoms with E-state index in [0.29, 0.717) is 5.56 Å². The van der Waals surface area contributed by atoms with Crippen molar-refractivity contribution in [2.75, 3.05) is 31.6 Å². The second-order valence-electron chi connectivity index (χ2n) is 5.88. The molecule has 1 aliphatic rings. The van der Waals surface area contributed by atoms with Crippen molar-refractivity contribution in [3.63, 3.8) is 0 Å². The van der Waals surface area contributed by atoms with Crippen LogP contribution in [-0.4, -0.2) is 47.3 Å². The third-order valence-electron chi connectivity index (χ3n) is 4.16. The van der Waals surface area contributed by atoms with E-state index in [4.69, 9.17) is 0 Å². The van der Waals surface area contributed by atoms with Crippen molar-refractivity contribution in [3.05, 3.63) is 16.8 Å². The maximum atomic E-state index is 9.38. The highest BCUT2D eigenvalue weighted by Gasteiger charge is 2.33. The molecular weight excluding hydrogens is 238 g/mol. The van der Waals surface area contributed by atoms with E-state index in [1.165, 1.54) is 0 Å². The summed E-state index contributed by atoms with van der Waals surface area (Å²) in [5, 5.41) is 17.8. The van der Waals surface area contributed by atoms with E-state index in [-0.39, 0.29) is 5.54 Å². The van der Waals surface area contributed by atoms with Crippen LogP contribution < -0.4 is 4.90 Å². The number of nitriles is 1. The minimum atomic E-state index is 0.0748. The fourth-order valence-corrected chi connectivity index (χ4v) is 2.37. The fraction of sp³-hybridized carbons (Fsp3) is 0.643. The first-order chi connectivity index (χ1) is 8.86. The third-order valence-corrected chi connectivity index (χ3v) is 4.16. The van der Waals surface area contributed by atoms with Crippen LogP contribution in [0, 0.1) is 25.2 Å². The Morgan fingerprint density at radius 2 is 1.89 bits per heavy atom. The molecule has 0 spiro atoms. The quantitative estimate of drug-likeness (QED) is 0.765. The number of hydrogen-bond donors (Lipinski definition) is 0. The minimum Gasteiger partial charge on any atom is -0.351 e. The molecule has 0 bridgehead atoms. The van der Waals surface area contributed by atoms with E-state index < -0.39 is 0 Å². The molecule has 1 aromatic rings. The molecule has 102 valence electrons. The Morgan fingerprint density at radius 3 is 2.47 bits per heavy atom. The summed E-state index contributed by atoms with van der Waals surface area (Å²) in [4.78, 5) is 4.52. The summed E-state index contributed by atoms with van der Waals surface area (Å²) >= 11 is 0. The Labute approximate surface area is 114 Å². The van der Waals surface area contributed by atoms with Gasteiger partial charge in [-0.25, -0.2) is 0 Å². The summed E-state index contributed by atoms with van der Waals surface area (Å²) < 4.78 is 0. The van der Waals surface area contributed by atoms with Crippen LogP contribution in [0.25, 0.3) is 0 Å². The highest BCUT2D eigenvalue weighted by Crippen LogP contribution is 2.26. The van der Waals surface area contributed by atoms with Crippen LogP contribution in [0.3, 0.4) is 0 Å². The normalized spacial score (nSPS) is 19.3. The first-order valence-electron chi connectivity index (χ1n) is 6.57. The van der Waals surface area contributed by atoms with Gasteiger partial charge in [0.15, 0.2) is 5.82 Å². The number of rotatable bonds is 1. The molecule has 1 fully saturated rings. The predicted octanol–water partition coefficient (Wildman–Crippen LogP) is 1.50. The van der Waals surface area contributed by atoms with Crippen LogP contribution >= 0.6 is 0 Å². The van der Waals surface area contributed by atoms with Gasteiger partial charge >= 0.3 is 0 Å². The van der Waals surface area contributed by atoms with E-state index in [1.807, 2.05) is 13.8 Å². The lowest BCUT2D eigenvalue weighted by Gasteiger charge is -2.45. The molecule has 0 saturated carbocycles. The Hall–Kier alpha value is -1.67. The molecule has 0 N–H and O–H groups in total. The predicted molar refractivity (Wildman–Crippen MR) is 75.1 cm³/mol. The molecular formula is C14H21N5. The Balaban J connectivity index is 2.39. The van der Waals surface area contributed by atoms with Crippen molar-refractivity contribution in [3.8, 4) is 6.07 Å². The van der Waals surface area contributed by atoms with Crippen molar-refractivity contribution >= 4 is 5.82 Å². The van der Waals surface area contributed by atoms with Crippen LogP contribution in [0.15, 0.2) is 0 Å². The molecule has 5 heteroatoms. The Morgan fingerprint density at radius 1 is 1.21 bits per heavy atom. The van der Waals surface area contributed by atoms with E-state index >= 15 is 0 Å². The average Bonchev–Trinajstić information content (AvgIpc) is 2.36. The maximum absolute atomic E-state index is 9.38. The molecule has 2 rings (SSSR count). The molecule has 2 heterocycles. The van der Waals surface area contributed by atoms with Crippen LogP contribution in [0.4, 0.5) is 5.82 Å². The zero-order chi connectivity index (χ0) is 14.2. The minimum absolute atomic E-state index is 0.0748. The summed E-state index contributed by atoms with van der Waals surface area (Å²) in [6, 6.07) is 2.28. The zero-order valence-electron chi connectivity index (χ0n) is 12.4. The van der Waals surface area contributed by atoms with Crippen molar-refractivity contribution < 1.29 is 0 Å². The summed E-state index contributed by atoms with van der Waals surface area (Å²) in [7, 11) is 2.13. The van der Waals surface area contributed by atoms with Crippen molar-refractivity contribution in [1.29, 1.82) is 5.26 Å². The first-order valence-corrected chi connectivity index (χ1v) is 6.57. The van der Waals surface area contributed by atoms with Gasteiger partial charge in [-0.2, -0.15) is 10.4 Å². The van der Waals surface area contributed by atoms with Crippen LogP contribution in [-0.2, 0) is 0 Å². The van der Waals surface area contributed by atoms with Crippen molar-refractivity contribution in [2.45, 2.75) is 33.2 Å². The Bertz CT molecular complexity index is 529. The number of piperazine rings is 1. The van der Waals surface area contributed by atoms with Gasteiger partial charge in [-0.05, 0) is 40.3 Å². The largest absolute Gasteiger partial charge is 0.351 e. The highest BCUT2D eigenvalue weighted by atomic mass is 15.3. The summed E-state index contributed by atoms with van der Waals surface area (Å²) in [5.74, 6) is 0.728. The van der Waals surface area contributed by atoms with Crippen LogP contribution in [0.2, 0.25) is 0 Å². The molecule has 0 aromatic carbocycles. The fourth-order valence-electron chi connectivity index (χ4n) is 2.37. The number of aromatic nitrogens is 2. The number of aryl methyl sites for hydroxylation is 1. The number of hydrogen-bond acceptors (Lipinski definition) is 5. The monoisotopic (exact) mass is 259 g/mol.